The molecule has 0 amide bonds. The molecular weight excluding hydrogens is 356 g/mol. The molecule has 2 aromatic carbocycles. The zero-order valence-corrected chi connectivity index (χ0v) is 15.7. The second-order valence-electron chi connectivity index (χ2n) is 5.68. The number of anilines is 1. The highest BCUT2D eigenvalue weighted by Gasteiger charge is 2.21. The van der Waals surface area contributed by atoms with E-state index in [1.165, 1.54) is 11.3 Å². The van der Waals surface area contributed by atoms with Crippen LogP contribution in [0.3, 0.4) is 0 Å². The van der Waals surface area contributed by atoms with Gasteiger partial charge in [-0.2, -0.15) is 0 Å². The number of nitrogen functional groups attached to an aromatic ring is 1. The van der Waals surface area contributed by atoms with Crippen molar-refractivity contribution in [2.24, 2.45) is 0 Å². The van der Waals surface area contributed by atoms with Crippen LogP contribution in [0.5, 0.6) is 5.75 Å². The van der Waals surface area contributed by atoms with E-state index in [1.807, 2.05) is 19.2 Å². The molecule has 1 aromatic heterocycles. The molecule has 7 heteroatoms. The summed E-state index contributed by atoms with van der Waals surface area (Å²) in [7, 11) is -2.06. The van der Waals surface area contributed by atoms with Gasteiger partial charge in [0.2, 0.25) is 9.84 Å². The lowest BCUT2D eigenvalue weighted by molar-refractivity contribution is 0.414. The standard InChI is InChI=1S/C18H18N2O3S2/c1-11-8-15(9-12(2)17(11)16-10-24-18(19)20-16)25(21,22)14-6-4-13(23-3)5-7-14/h4-10H,1-3H3,(H2,19,20). The molecule has 0 spiro atoms. The average Bonchev–Trinajstić information content (AvgIpc) is 3.00. The van der Waals surface area contributed by atoms with Crippen LogP contribution in [-0.4, -0.2) is 20.5 Å². The van der Waals surface area contributed by atoms with Crippen molar-refractivity contribution in [3.8, 4) is 17.0 Å². The monoisotopic (exact) mass is 374 g/mol. The van der Waals surface area contributed by atoms with Crippen LogP contribution in [-0.2, 0) is 9.84 Å². The van der Waals surface area contributed by atoms with Crippen molar-refractivity contribution in [3.63, 3.8) is 0 Å². The minimum atomic E-state index is -3.60. The first-order chi connectivity index (χ1) is 11.8. The second-order valence-corrected chi connectivity index (χ2v) is 8.52. The number of methoxy groups -OCH3 is 1. The van der Waals surface area contributed by atoms with Gasteiger partial charge in [0.25, 0.3) is 0 Å². The van der Waals surface area contributed by atoms with Crippen LogP contribution >= 0.6 is 11.3 Å². The third kappa shape index (κ3) is 3.25. The SMILES string of the molecule is COc1ccc(S(=O)(=O)c2cc(C)c(-c3csc(N)n3)c(C)c2)cc1. The van der Waals surface area contributed by atoms with Crippen LogP contribution in [0.2, 0.25) is 0 Å². The molecule has 0 aliphatic carbocycles. The summed E-state index contributed by atoms with van der Waals surface area (Å²) in [6.45, 7) is 3.76. The van der Waals surface area contributed by atoms with Crippen molar-refractivity contribution >= 4 is 26.3 Å². The third-order valence-corrected chi connectivity index (χ3v) is 6.39. The molecule has 1 heterocycles. The topological polar surface area (TPSA) is 82.3 Å². The van der Waals surface area contributed by atoms with Gasteiger partial charge in [0, 0.05) is 10.9 Å². The number of nitrogens with two attached hydrogens (primary N) is 1. The van der Waals surface area contributed by atoms with Crippen LogP contribution in [0.4, 0.5) is 5.13 Å². The molecule has 0 atom stereocenters. The zero-order chi connectivity index (χ0) is 18.2. The van der Waals surface area contributed by atoms with E-state index < -0.39 is 9.84 Å². The largest absolute Gasteiger partial charge is 0.497 e. The molecule has 130 valence electrons. The molecule has 0 fully saturated rings. The van der Waals surface area contributed by atoms with Crippen LogP contribution in [0.15, 0.2) is 51.6 Å². The van der Waals surface area contributed by atoms with Gasteiger partial charge in [-0.25, -0.2) is 13.4 Å². The van der Waals surface area contributed by atoms with Crippen molar-refractivity contribution in [2.75, 3.05) is 12.8 Å². The van der Waals surface area contributed by atoms with Gasteiger partial charge in [-0.1, -0.05) is 0 Å². The Bertz CT molecular complexity index is 1000. The molecule has 2 N–H and O–H groups in total. The van der Waals surface area contributed by atoms with Gasteiger partial charge in [0.15, 0.2) is 5.13 Å². The van der Waals surface area contributed by atoms with Gasteiger partial charge in [-0.05, 0) is 61.4 Å². The Morgan fingerprint density at radius 1 is 1.04 bits per heavy atom. The number of aryl methyl sites for hydroxylation is 2. The quantitative estimate of drug-likeness (QED) is 0.750. The van der Waals surface area contributed by atoms with E-state index in [-0.39, 0.29) is 9.79 Å². The molecule has 25 heavy (non-hydrogen) atoms. The molecule has 0 aliphatic heterocycles. The van der Waals surface area contributed by atoms with Crippen molar-refractivity contribution in [2.45, 2.75) is 23.6 Å². The summed E-state index contributed by atoms with van der Waals surface area (Å²) < 4.78 is 30.9. The van der Waals surface area contributed by atoms with E-state index in [0.717, 1.165) is 22.4 Å². The fraction of sp³-hybridized carbons (Fsp3) is 0.167. The number of nitrogens with zero attached hydrogens (tertiary/aromatic N) is 1. The van der Waals surface area contributed by atoms with E-state index >= 15 is 0 Å². The Morgan fingerprint density at radius 3 is 2.12 bits per heavy atom. The van der Waals surface area contributed by atoms with Gasteiger partial charge in [-0.15, -0.1) is 11.3 Å². The number of sulfone groups is 1. The Morgan fingerprint density at radius 2 is 1.64 bits per heavy atom. The summed E-state index contributed by atoms with van der Waals surface area (Å²) in [5.74, 6) is 0.614. The van der Waals surface area contributed by atoms with Gasteiger partial charge in [-0.3, -0.25) is 0 Å². The zero-order valence-electron chi connectivity index (χ0n) is 14.1. The van der Waals surface area contributed by atoms with E-state index in [0.29, 0.717) is 10.9 Å². The molecule has 0 radical (unpaired) electrons. The summed E-state index contributed by atoms with van der Waals surface area (Å²) in [6.07, 6.45) is 0. The van der Waals surface area contributed by atoms with Crippen LogP contribution < -0.4 is 10.5 Å². The molecule has 0 bridgehead atoms. The maximum absolute atomic E-state index is 12.9. The number of thiazole rings is 1. The minimum Gasteiger partial charge on any atom is -0.497 e. The average molecular weight is 374 g/mol. The molecule has 0 saturated heterocycles. The van der Waals surface area contributed by atoms with Crippen LogP contribution in [0.1, 0.15) is 11.1 Å². The molecule has 3 rings (SSSR count). The molecule has 0 aliphatic rings. The highest BCUT2D eigenvalue weighted by Crippen LogP contribution is 2.33. The Labute approximate surface area is 151 Å². The van der Waals surface area contributed by atoms with E-state index in [1.54, 1.807) is 43.5 Å². The van der Waals surface area contributed by atoms with Crippen molar-refractivity contribution in [3.05, 3.63) is 52.9 Å². The Hall–Kier alpha value is -2.38. The number of benzene rings is 2. The number of hydrogen-bond donors (Lipinski definition) is 1. The normalized spacial score (nSPS) is 11.5. The summed E-state index contributed by atoms with van der Waals surface area (Å²) in [4.78, 5) is 4.80. The van der Waals surface area contributed by atoms with Crippen LogP contribution in [0.25, 0.3) is 11.3 Å². The highest BCUT2D eigenvalue weighted by atomic mass is 32.2. The number of rotatable bonds is 4. The predicted octanol–water partition coefficient (Wildman–Crippen LogP) is 3.85. The molecule has 3 aromatic rings. The fourth-order valence-corrected chi connectivity index (χ4v) is 4.76. The molecule has 0 saturated carbocycles. The molecule has 0 unspecified atom stereocenters. The van der Waals surface area contributed by atoms with E-state index in [4.69, 9.17) is 10.5 Å². The maximum atomic E-state index is 12.9. The highest BCUT2D eigenvalue weighted by molar-refractivity contribution is 7.91. The number of ether oxygens (including phenoxy) is 1. The lowest BCUT2D eigenvalue weighted by atomic mass is 10.0. The molecule has 5 nitrogen and oxygen atoms in total. The first-order valence-electron chi connectivity index (χ1n) is 7.54. The third-order valence-electron chi connectivity index (χ3n) is 3.96. The van der Waals surface area contributed by atoms with Crippen molar-refractivity contribution in [1.29, 1.82) is 0 Å². The fourth-order valence-electron chi connectivity index (χ4n) is 2.78. The van der Waals surface area contributed by atoms with E-state index in [9.17, 15) is 8.42 Å². The number of aromatic nitrogens is 1. The summed E-state index contributed by atoms with van der Waals surface area (Å²) in [6, 6.07) is 9.73. The minimum absolute atomic E-state index is 0.234. The Balaban J connectivity index is 2.08. The van der Waals surface area contributed by atoms with Gasteiger partial charge in [0.1, 0.15) is 5.75 Å². The lowest BCUT2D eigenvalue weighted by Crippen LogP contribution is -2.04. The first kappa shape index (κ1) is 17.4. The second kappa shape index (κ2) is 6.50. The van der Waals surface area contributed by atoms with Gasteiger partial charge in [0.05, 0.1) is 22.6 Å². The van der Waals surface area contributed by atoms with Gasteiger partial charge >= 0.3 is 0 Å². The van der Waals surface area contributed by atoms with Crippen LogP contribution in [0, 0.1) is 13.8 Å². The number of hydrogen-bond acceptors (Lipinski definition) is 6. The van der Waals surface area contributed by atoms with Crippen molar-refractivity contribution in [1.82, 2.24) is 4.98 Å². The maximum Gasteiger partial charge on any atom is 0.206 e. The lowest BCUT2D eigenvalue weighted by Gasteiger charge is -2.12. The van der Waals surface area contributed by atoms with Gasteiger partial charge < -0.3 is 10.5 Å². The summed E-state index contributed by atoms with van der Waals surface area (Å²) in [5.41, 5.74) is 9.09. The predicted molar refractivity (Wildman–Crippen MR) is 99.9 cm³/mol. The first-order valence-corrected chi connectivity index (χ1v) is 9.91. The Kier molecular flexibility index (Phi) is 4.53. The molecular formula is C18H18N2O3S2. The smallest absolute Gasteiger partial charge is 0.206 e. The summed E-state index contributed by atoms with van der Waals surface area (Å²) in [5, 5.41) is 2.37. The van der Waals surface area contributed by atoms with Crippen molar-refractivity contribution < 1.29 is 13.2 Å². The summed E-state index contributed by atoms with van der Waals surface area (Å²) >= 11 is 1.36. The van der Waals surface area contributed by atoms with E-state index in [2.05, 4.69) is 4.98 Å².